The number of nitrogens with zero attached hydrogens (tertiary/aromatic N) is 3. The fourth-order valence-corrected chi connectivity index (χ4v) is 4.55. The lowest BCUT2D eigenvalue weighted by atomic mass is 9.91. The molecule has 3 aromatic rings. The number of carbonyl (C=O) groups is 1. The summed E-state index contributed by atoms with van der Waals surface area (Å²) in [6.07, 6.45) is 7.13. The predicted molar refractivity (Wildman–Crippen MR) is 132 cm³/mol. The number of aromatic nitrogens is 3. The second-order valence-corrected chi connectivity index (χ2v) is 10.6. The molecule has 0 radical (unpaired) electrons. The van der Waals surface area contributed by atoms with Crippen molar-refractivity contribution in [3.05, 3.63) is 58.8 Å². The molecule has 0 aromatic carbocycles. The maximum atomic E-state index is 12.3. The van der Waals surface area contributed by atoms with Crippen molar-refractivity contribution in [1.82, 2.24) is 20.3 Å². The smallest absolute Gasteiger partial charge is 0.340 e. The Labute approximate surface area is 205 Å². The molecular formula is C27H32N4O4. The van der Waals surface area contributed by atoms with E-state index in [1.54, 1.807) is 6.07 Å². The normalized spacial score (nSPS) is 17.2. The third-order valence-electron chi connectivity index (χ3n) is 6.52. The van der Waals surface area contributed by atoms with Crippen molar-refractivity contribution in [2.75, 3.05) is 13.2 Å². The number of nitrogens with one attached hydrogen (secondary N) is 1. The number of aliphatic hydroxyl groups excluding tert-OH is 1. The van der Waals surface area contributed by atoms with Gasteiger partial charge in [-0.05, 0) is 69.7 Å². The van der Waals surface area contributed by atoms with E-state index in [2.05, 4.69) is 30.2 Å². The number of pyridine rings is 3. The van der Waals surface area contributed by atoms with Crippen molar-refractivity contribution >= 4 is 16.7 Å². The van der Waals surface area contributed by atoms with Gasteiger partial charge < -0.3 is 19.9 Å². The molecule has 0 amide bonds. The van der Waals surface area contributed by atoms with E-state index in [0.717, 1.165) is 46.3 Å². The number of hydrogen-bond donors (Lipinski definition) is 2. The van der Waals surface area contributed by atoms with Crippen molar-refractivity contribution in [2.45, 2.75) is 70.6 Å². The van der Waals surface area contributed by atoms with Crippen LogP contribution in [0.15, 0.2) is 30.6 Å². The quantitative estimate of drug-likeness (QED) is 0.476. The van der Waals surface area contributed by atoms with Gasteiger partial charge in [0.15, 0.2) is 0 Å². The standard InChI is InChI=1S/C27H32N4O4/c1-26(2)13-23-19(25(33)35-26)8-5-16(31-23)11-17-12-20-21(14-28-17)24(34-18-6-7-18)29-15-22(20)27(3,4)30-9-10-32/h5,8,12,14-15,18,30,32H,6-7,9-11,13H2,1-4H3. The Morgan fingerprint density at radius 3 is 2.71 bits per heavy atom. The molecule has 2 N–H and O–H groups in total. The second-order valence-electron chi connectivity index (χ2n) is 10.6. The van der Waals surface area contributed by atoms with E-state index in [0.29, 0.717) is 30.8 Å². The Bertz CT molecular complexity index is 1280. The number of aliphatic hydroxyl groups is 1. The van der Waals surface area contributed by atoms with E-state index in [-0.39, 0.29) is 18.7 Å². The molecule has 1 saturated carbocycles. The number of rotatable bonds is 8. The number of carbonyl (C=O) groups excluding carboxylic acids is 1. The summed E-state index contributed by atoms with van der Waals surface area (Å²) < 4.78 is 11.6. The average molecular weight is 477 g/mol. The van der Waals surface area contributed by atoms with Crippen LogP contribution in [-0.4, -0.2) is 50.9 Å². The van der Waals surface area contributed by atoms with Gasteiger partial charge in [0.1, 0.15) is 11.7 Å². The Hall–Kier alpha value is -3.10. The minimum absolute atomic E-state index is 0.0544. The minimum Gasteiger partial charge on any atom is -0.474 e. The van der Waals surface area contributed by atoms with Crippen LogP contribution in [0.2, 0.25) is 0 Å². The van der Waals surface area contributed by atoms with Crippen molar-refractivity contribution in [1.29, 1.82) is 0 Å². The average Bonchev–Trinajstić information content (AvgIpc) is 3.60. The molecule has 4 heterocycles. The second kappa shape index (κ2) is 8.84. The first-order valence-electron chi connectivity index (χ1n) is 12.2. The molecule has 0 spiro atoms. The summed E-state index contributed by atoms with van der Waals surface area (Å²) >= 11 is 0. The summed E-state index contributed by atoms with van der Waals surface area (Å²) in [7, 11) is 0. The topological polar surface area (TPSA) is 106 Å². The van der Waals surface area contributed by atoms with Gasteiger partial charge in [0, 0.05) is 48.7 Å². The Morgan fingerprint density at radius 2 is 1.97 bits per heavy atom. The van der Waals surface area contributed by atoms with Crippen molar-refractivity contribution < 1.29 is 19.4 Å². The van der Waals surface area contributed by atoms with Crippen LogP contribution in [0, 0.1) is 0 Å². The van der Waals surface area contributed by atoms with Crippen LogP contribution in [0.4, 0.5) is 0 Å². The SMILES string of the molecule is CC1(C)Cc2nc(Cc3cc4c(C(C)(C)NCCO)cnc(OC5CC5)c4cn3)ccc2C(=O)O1. The van der Waals surface area contributed by atoms with Gasteiger partial charge in [-0.15, -0.1) is 0 Å². The van der Waals surface area contributed by atoms with Crippen molar-refractivity contribution in [2.24, 2.45) is 0 Å². The summed E-state index contributed by atoms with van der Waals surface area (Å²) in [4.78, 5) is 26.5. The van der Waals surface area contributed by atoms with Gasteiger partial charge in [-0.3, -0.25) is 9.97 Å². The minimum atomic E-state index is -0.566. The zero-order chi connectivity index (χ0) is 24.8. The number of fused-ring (bicyclic) bond motifs is 2. The highest BCUT2D eigenvalue weighted by Gasteiger charge is 2.33. The molecule has 1 fully saturated rings. The van der Waals surface area contributed by atoms with E-state index < -0.39 is 11.1 Å². The first-order chi connectivity index (χ1) is 16.6. The molecule has 0 unspecified atom stereocenters. The van der Waals surface area contributed by atoms with Gasteiger partial charge in [0.25, 0.3) is 0 Å². The first-order valence-corrected chi connectivity index (χ1v) is 12.2. The Morgan fingerprint density at radius 1 is 1.17 bits per heavy atom. The van der Waals surface area contributed by atoms with Crippen LogP contribution < -0.4 is 10.1 Å². The number of cyclic esters (lactones) is 1. The molecule has 0 bridgehead atoms. The lowest BCUT2D eigenvalue weighted by Crippen LogP contribution is -2.38. The number of ether oxygens (including phenoxy) is 2. The number of esters is 1. The molecule has 8 heteroatoms. The lowest BCUT2D eigenvalue weighted by molar-refractivity contribution is -0.00720. The molecule has 3 aromatic heterocycles. The van der Waals surface area contributed by atoms with Crippen LogP contribution in [-0.2, 0) is 23.1 Å². The lowest BCUT2D eigenvalue weighted by Gasteiger charge is -2.30. The molecule has 35 heavy (non-hydrogen) atoms. The van der Waals surface area contributed by atoms with Gasteiger partial charge in [0.05, 0.1) is 23.3 Å². The van der Waals surface area contributed by atoms with Gasteiger partial charge in [0.2, 0.25) is 5.88 Å². The van der Waals surface area contributed by atoms with Gasteiger partial charge in [-0.25, -0.2) is 9.78 Å². The summed E-state index contributed by atoms with van der Waals surface area (Å²) in [5, 5.41) is 14.6. The van der Waals surface area contributed by atoms with Crippen molar-refractivity contribution in [3.8, 4) is 5.88 Å². The zero-order valence-electron chi connectivity index (χ0n) is 20.7. The van der Waals surface area contributed by atoms with Crippen LogP contribution in [0.5, 0.6) is 5.88 Å². The zero-order valence-corrected chi connectivity index (χ0v) is 20.7. The predicted octanol–water partition coefficient (Wildman–Crippen LogP) is 3.47. The summed E-state index contributed by atoms with van der Waals surface area (Å²) in [5.41, 5.74) is 3.05. The van der Waals surface area contributed by atoms with Crippen molar-refractivity contribution in [3.63, 3.8) is 0 Å². The molecule has 184 valence electrons. The Balaban J connectivity index is 1.51. The Kier molecular flexibility index (Phi) is 5.97. The highest BCUT2D eigenvalue weighted by atomic mass is 16.6. The third kappa shape index (κ3) is 4.99. The van der Waals surface area contributed by atoms with E-state index in [9.17, 15) is 9.90 Å². The maximum absolute atomic E-state index is 12.3. The highest BCUT2D eigenvalue weighted by molar-refractivity contribution is 5.92. The molecule has 5 rings (SSSR count). The van der Waals surface area contributed by atoms with Crippen LogP contribution in [0.1, 0.15) is 73.5 Å². The molecule has 0 atom stereocenters. The molecule has 0 saturated heterocycles. The van der Waals surface area contributed by atoms with Gasteiger partial charge >= 0.3 is 5.97 Å². The van der Waals surface area contributed by atoms with E-state index >= 15 is 0 Å². The summed E-state index contributed by atoms with van der Waals surface area (Å²) in [6, 6.07) is 5.75. The fraction of sp³-hybridized carbons (Fsp3) is 0.481. The molecular weight excluding hydrogens is 444 g/mol. The summed E-state index contributed by atoms with van der Waals surface area (Å²) in [5.74, 6) is 0.285. The van der Waals surface area contributed by atoms with E-state index in [1.165, 1.54) is 0 Å². The third-order valence-corrected chi connectivity index (χ3v) is 6.52. The molecule has 1 aliphatic carbocycles. The van der Waals surface area contributed by atoms with E-state index in [1.807, 2.05) is 32.3 Å². The van der Waals surface area contributed by atoms with Crippen LogP contribution >= 0.6 is 0 Å². The molecule has 8 nitrogen and oxygen atoms in total. The van der Waals surface area contributed by atoms with Crippen LogP contribution in [0.3, 0.4) is 0 Å². The van der Waals surface area contributed by atoms with Crippen LogP contribution in [0.25, 0.3) is 10.8 Å². The summed E-state index contributed by atoms with van der Waals surface area (Å²) in [6.45, 7) is 8.48. The fourth-order valence-electron chi connectivity index (χ4n) is 4.55. The number of hydrogen-bond acceptors (Lipinski definition) is 8. The monoisotopic (exact) mass is 476 g/mol. The molecule has 1 aliphatic heterocycles. The van der Waals surface area contributed by atoms with Gasteiger partial charge in [-0.1, -0.05) is 0 Å². The highest BCUT2D eigenvalue weighted by Crippen LogP contribution is 2.35. The molecule has 2 aliphatic rings. The largest absolute Gasteiger partial charge is 0.474 e. The maximum Gasteiger partial charge on any atom is 0.340 e. The van der Waals surface area contributed by atoms with E-state index in [4.69, 9.17) is 19.4 Å². The van der Waals surface area contributed by atoms with Gasteiger partial charge in [-0.2, -0.15) is 0 Å². The first kappa shape index (κ1) is 23.6.